The maximum absolute atomic E-state index is 12.3. The molecular formula is C20H33N7O4. The van der Waals surface area contributed by atoms with E-state index in [4.69, 9.17) is 20.4 Å². The number of rotatable bonds is 5. The molecule has 0 saturated carbocycles. The average Bonchev–Trinajstić information content (AvgIpc) is 3.15. The summed E-state index contributed by atoms with van der Waals surface area (Å²) in [5, 5.41) is 12.1. The molecule has 0 aromatic carbocycles. The van der Waals surface area contributed by atoms with Gasteiger partial charge in [0.05, 0.1) is 0 Å². The van der Waals surface area contributed by atoms with Gasteiger partial charge >= 0.3 is 12.1 Å². The summed E-state index contributed by atoms with van der Waals surface area (Å²) in [6, 6.07) is 2.16. The lowest BCUT2D eigenvalue weighted by atomic mass is 10.2. The highest BCUT2D eigenvalue weighted by Gasteiger charge is 2.27. The number of carbonyl (C=O) groups excluding carboxylic acids is 1. The molecule has 11 nitrogen and oxygen atoms in total. The zero-order valence-electron chi connectivity index (χ0n) is 18.7. The van der Waals surface area contributed by atoms with Crippen molar-refractivity contribution in [1.29, 1.82) is 0 Å². The van der Waals surface area contributed by atoms with Crippen LogP contribution in [0, 0.1) is 0 Å². The van der Waals surface area contributed by atoms with E-state index in [2.05, 4.69) is 27.1 Å². The molecule has 3 N–H and O–H groups in total. The smallest absolute Gasteiger partial charge is 0.410 e. The molecule has 2 fully saturated rings. The second-order valence-electron chi connectivity index (χ2n) is 8.92. The van der Waals surface area contributed by atoms with Gasteiger partial charge in [-0.1, -0.05) is 5.16 Å². The zero-order chi connectivity index (χ0) is 22.6. The summed E-state index contributed by atoms with van der Waals surface area (Å²) < 4.78 is 11.3. The van der Waals surface area contributed by atoms with Gasteiger partial charge in [-0.15, -0.1) is 0 Å². The summed E-state index contributed by atoms with van der Waals surface area (Å²) in [6.45, 7) is 9.20. The maximum Gasteiger partial charge on any atom is 0.410 e. The summed E-state index contributed by atoms with van der Waals surface area (Å²) in [4.78, 5) is 27.1. The Bertz CT molecular complexity index is 803. The van der Waals surface area contributed by atoms with Crippen LogP contribution in [0.25, 0.3) is 0 Å². The molecule has 2 saturated heterocycles. The van der Waals surface area contributed by atoms with Crippen LogP contribution in [0.2, 0.25) is 0 Å². The molecule has 1 amide bonds. The number of nitrogens with two attached hydrogens (primary N) is 1. The number of hydrogen-bond donors (Lipinski definition) is 2. The Morgan fingerprint density at radius 1 is 1.26 bits per heavy atom. The second kappa shape index (κ2) is 9.54. The Labute approximate surface area is 182 Å². The van der Waals surface area contributed by atoms with E-state index in [0.717, 1.165) is 19.4 Å². The summed E-state index contributed by atoms with van der Waals surface area (Å²) in [5.41, 5.74) is 5.54. The van der Waals surface area contributed by atoms with Gasteiger partial charge in [0.2, 0.25) is 0 Å². The fourth-order valence-electron chi connectivity index (χ4n) is 3.63. The number of carbonyl (C=O) groups is 1. The number of nitrogens with zero attached hydrogens (tertiary/aromatic N) is 6. The van der Waals surface area contributed by atoms with E-state index in [1.54, 1.807) is 11.0 Å². The molecule has 0 bridgehead atoms. The highest BCUT2D eigenvalue weighted by Crippen LogP contribution is 2.21. The number of hydrogen-bond acceptors (Lipinski definition) is 9. The number of anilines is 1. The quantitative estimate of drug-likeness (QED) is 0.302. The van der Waals surface area contributed by atoms with Crippen molar-refractivity contribution in [2.75, 3.05) is 51.3 Å². The third-order valence-electron chi connectivity index (χ3n) is 5.39. The molecule has 0 unspecified atom stereocenters. The molecule has 11 heteroatoms. The largest absolute Gasteiger partial charge is 0.462 e. The Balaban J connectivity index is 1.69. The predicted octanol–water partition coefficient (Wildman–Crippen LogP) is 1.10. The number of likely N-dealkylation sites (tertiary alicyclic amines) is 1. The molecule has 172 valence electrons. The third kappa shape index (κ3) is 6.09. The molecule has 1 aromatic rings. The van der Waals surface area contributed by atoms with E-state index < -0.39 is 5.60 Å². The molecule has 3 heterocycles. The van der Waals surface area contributed by atoms with E-state index in [1.165, 1.54) is 0 Å². The summed E-state index contributed by atoms with van der Waals surface area (Å²) in [6.07, 6.45) is 1.88. The number of piperazine rings is 1. The van der Waals surface area contributed by atoms with Crippen molar-refractivity contribution in [3.8, 4) is 6.01 Å². The average molecular weight is 436 g/mol. The van der Waals surface area contributed by atoms with Gasteiger partial charge in [0, 0.05) is 38.3 Å². The Morgan fingerprint density at radius 2 is 1.97 bits per heavy atom. The van der Waals surface area contributed by atoms with Crippen LogP contribution in [0.1, 0.15) is 39.3 Å². The van der Waals surface area contributed by atoms with Gasteiger partial charge in [-0.05, 0) is 47.2 Å². The van der Waals surface area contributed by atoms with Crippen molar-refractivity contribution in [3.05, 3.63) is 11.8 Å². The van der Waals surface area contributed by atoms with Crippen molar-refractivity contribution in [2.45, 2.75) is 45.3 Å². The molecular weight excluding hydrogens is 402 g/mol. The standard InChI is InChI=1S/C20H33N7O4/c1-20(2,3)31-19(28)27-10-8-26(9-11-27)16-12-15(17(21)24-29)22-18(23-16)30-13-14-6-5-7-25(14)4/h12,14,29H,5-11,13H2,1-4H3,(H2,21,24)/t14-/m0/s1. The van der Waals surface area contributed by atoms with Crippen molar-refractivity contribution >= 4 is 17.7 Å². The summed E-state index contributed by atoms with van der Waals surface area (Å²) in [7, 11) is 2.07. The minimum absolute atomic E-state index is 0.112. The first-order valence-electron chi connectivity index (χ1n) is 10.6. The van der Waals surface area contributed by atoms with Crippen LogP contribution in [0.3, 0.4) is 0 Å². The molecule has 0 spiro atoms. The van der Waals surface area contributed by atoms with Crippen LogP contribution in [0.15, 0.2) is 11.2 Å². The van der Waals surface area contributed by atoms with Crippen molar-refractivity contribution < 1.29 is 19.5 Å². The van der Waals surface area contributed by atoms with Crippen molar-refractivity contribution in [2.24, 2.45) is 10.9 Å². The Hall–Kier alpha value is -2.82. The number of likely N-dealkylation sites (N-methyl/N-ethyl adjacent to an activating group) is 1. The van der Waals surface area contributed by atoms with Gasteiger partial charge in [-0.3, -0.25) is 0 Å². The molecule has 0 radical (unpaired) electrons. The predicted molar refractivity (Wildman–Crippen MR) is 116 cm³/mol. The number of ether oxygens (including phenoxy) is 2. The SMILES string of the molecule is CN1CCC[C@H]1COc1nc(/C(N)=N/O)cc(N2CCN(C(=O)OC(C)(C)C)CC2)n1. The summed E-state index contributed by atoms with van der Waals surface area (Å²) in [5.74, 6) is 0.495. The van der Waals surface area contributed by atoms with Gasteiger partial charge in [-0.25, -0.2) is 4.79 Å². The lowest BCUT2D eigenvalue weighted by molar-refractivity contribution is 0.0240. The minimum Gasteiger partial charge on any atom is -0.462 e. The summed E-state index contributed by atoms with van der Waals surface area (Å²) >= 11 is 0. The molecule has 0 aliphatic carbocycles. The lowest BCUT2D eigenvalue weighted by Crippen LogP contribution is -2.50. The van der Waals surface area contributed by atoms with Gasteiger partial charge in [-0.2, -0.15) is 9.97 Å². The van der Waals surface area contributed by atoms with Crippen molar-refractivity contribution in [3.63, 3.8) is 0 Å². The highest BCUT2D eigenvalue weighted by atomic mass is 16.6. The first-order chi connectivity index (χ1) is 14.7. The van der Waals surface area contributed by atoms with E-state index in [-0.39, 0.29) is 23.6 Å². The van der Waals surface area contributed by atoms with E-state index in [0.29, 0.717) is 44.6 Å². The van der Waals surface area contributed by atoms with E-state index in [1.807, 2.05) is 25.7 Å². The Morgan fingerprint density at radius 3 is 2.55 bits per heavy atom. The topological polar surface area (TPSA) is 130 Å². The van der Waals surface area contributed by atoms with Crippen LogP contribution in [-0.2, 0) is 4.74 Å². The molecule has 2 aliphatic rings. The van der Waals surface area contributed by atoms with Gasteiger partial charge in [0.15, 0.2) is 5.84 Å². The van der Waals surface area contributed by atoms with Crippen LogP contribution >= 0.6 is 0 Å². The fourth-order valence-corrected chi connectivity index (χ4v) is 3.63. The molecule has 1 atom stereocenters. The van der Waals surface area contributed by atoms with E-state index >= 15 is 0 Å². The molecule has 2 aliphatic heterocycles. The highest BCUT2D eigenvalue weighted by molar-refractivity contribution is 5.95. The van der Waals surface area contributed by atoms with Crippen LogP contribution < -0.4 is 15.4 Å². The van der Waals surface area contributed by atoms with Crippen molar-refractivity contribution in [1.82, 2.24) is 19.8 Å². The zero-order valence-corrected chi connectivity index (χ0v) is 18.7. The van der Waals surface area contributed by atoms with Gasteiger partial charge < -0.3 is 35.1 Å². The monoisotopic (exact) mass is 435 g/mol. The number of amidine groups is 1. The van der Waals surface area contributed by atoms with Crippen LogP contribution in [0.5, 0.6) is 6.01 Å². The lowest BCUT2D eigenvalue weighted by Gasteiger charge is -2.36. The minimum atomic E-state index is -0.531. The second-order valence-corrected chi connectivity index (χ2v) is 8.92. The van der Waals surface area contributed by atoms with Gasteiger partial charge in [0.25, 0.3) is 0 Å². The number of oxime groups is 1. The molecule has 31 heavy (non-hydrogen) atoms. The first-order valence-corrected chi connectivity index (χ1v) is 10.6. The molecule has 1 aromatic heterocycles. The molecule has 3 rings (SSSR count). The first kappa shape index (κ1) is 22.9. The Kier molecular flexibility index (Phi) is 7.04. The van der Waals surface area contributed by atoms with Gasteiger partial charge in [0.1, 0.15) is 23.7 Å². The normalized spacial score (nSPS) is 20.8. The van der Waals surface area contributed by atoms with E-state index in [9.17, 15) is 4.79 Å². The van der Waals surface area contributed by atoms with Crippen LogP contribution in [0.4, 0.5) is 10.6 Å². The number of aromatic nitrogens is 2. The van der Waals surface area contributed by atoms with Crippen LogP contribution in [-0.4, -0.2) is 94.9 Å². The third-order valence-corrected chi connectivity index (χ3v) is 5.39. The fraction of sp³-hybridized carbons (Fsp3) is 0.700. The maximum atomic E-state index is 12.3. The number of amides is 1.